The summed E-state index contributed by atoms with van der Waals surface area (Å²) in [4.78, 5) is 35.3. The van der Waals surface area contributed by atoms with Crippen molar-refractivity contribution in [3.05, 3.63) is 0 Å². The second-order valence-electron chi connectivity index (χ2n) is 6.10. The molecule has 3 atom stereocenters. The summed E-state index contributed by atoms with van der Waals surface area (Å²) in [6, 6.07) is 0. The topological polar surface area (TPSA) is 140 Å². The first-order chi connectivity index (χ1) is 10.2. The van der Waals surface area contributed by atoms with E-state index < -0.39 is 59.3 Å². The Labute approximate surface area is 140 Å². The van der Waals surface area contributed by atoms with E-state index in [9.17, 15) is 29.7 Å². The van der Waals surface area contributed by atoms with Crippen molar-refractivity contribution in [2.75, 3.05) is 0 Å². The summed E-state index contributed by atoms with van der Waals surface area (Å²) in [7, 11) is 0. The summed E-state index contributed by atoms with van der Waals surface area (Å²) >= 11 is -5.34. The Bertz CT molecular complexity index is 396. The molecule has 0 aromatic rings. The molecule has 0 spiro atoms. The fourth-order valence-corrected chi connectivity index (χ4v) is 7.88. The molecule has 3 N–H and O–H groups in total. The molecular formula is C13H24O9Sn. The molecule has 3 unspecified atom stereocenters. The van der Waals surface area contributed by atoms with Crippen LogP contribution in [0.5, 0.6) is 0 Å². The van der Waals surface area contributed by atoms with Gasteiger partial charge in [-0.25, -0.2) is 0 Å². The van der Waals surface area contributed by atoms with Crippen LogP contribution in [-0.4, -0.2) is 71.2 Å². The molecule has 0 saturated carbocycles. The molecule has 0 amide bonds. The van der Waals surface area contributed by atoms with Crippen LogP contribution in [0.15, 0.2) is 0 Å². The quantitative estimate of drug-likeness (QED) is 0.464. The third-order valence-electron chi connectivity index (χ3n) is 2.65. The predicted octanol–water partition coefficient (Wildman–Crippen LogP) is -0.503. The maximum atomic E-state index is 11.8. The average Bonchev–Trinajstić information content (AvgIpc) is 2.36. The van der Waals surface area contributed by atoms with E-state index in [0.717, 1.165) is 20.8 Å². The predicted molar refractivity (Wildman–Crippen MR) is 78.8 cm³/mol. The Morgan fingerprint density at radius 3 is 1.09 bits per heavy atom. The third kappa shape index (κ3) is 6.24. The molecule has 0 rings (SSSR count). The van der Waals surface area contributed by atoms with Crippen molar-refractivity contribution >= 4 is 37.5 Å². The van der Waals surface area contributed by atoms with E-state index in [1.807, 2.05) is 0 Å². The molecule has 0 aromatic carbocycles. The minimum absolute atomic E-state index is 1.09. The molecular weight excluding hydrogens is 419 g/mol. The normalized spacial score (nSPS) is 18.1. The fraction of sp³-hybridized carbons (Fsp3) is 0.769. The van der Waals surface area contributed by atoms with Crippen molar-refractivity contribution in [2.45, 2.75) is 63.3 Å². The first-order valence-corrected chi connectivity index (χ1v) is 11.9. The van der Waals surface area contributed by atoms with Gasteiger partial charge in [0.1, 0.15) is 0 Å². The summed E-state index contributed by atoms with van der Waals surface area (Å²) in [5, 5.41) is 27.9. The molecule has 0 saturated heterocycles. The molecule has 0 aliphatic rings. The second-order valence-corrected chi connectivity index (χ2v) is 15.3. The number of aliphatic hydroxyl groups excluding tert-OH is 3. The maximum absolute atomic E-state index is 11.8. The molecule has 0 radical (unpaired) electrons. The van der Waals surface area contributed by atoms with E-state index in [1.165, 1.54) is 20.8 Å². The summed E-state index contributed by atoms with van der Waals surface area (Å²) in [6.45, 7) is 7.95. The molecule has 0 heterocycles. The Morgan fingerprint density at radius 1 is 0.739 bits per heavy atom. The van der Waals surface area contributed by atoms with Gasteiger partial charge >= 0.3 is 140 Å². The molecule has 0 aliphatic carbocycles. The first-order valence-electron chi connectivity index (χ1n) is 6.96. The summed E-state index contributed by atoms with van der Waals surface area (Å²) in [5.74, 6) is -3.40. The zero-order valence-electron chi connectivity index (χ0n) is 14.0. The number of carbonyl (C=O) groups is 3. The molecule has 0 bridgehead atoms. The third-order valence-corrected chi connectivity index (χ3v) is 11.9. The van der Waals surface area contributed by atoms with Crippen molar-refractivity contribution in [3.8, 4) is 0 Å². The standard InChI is InChI=1S/C4H9.3C3H6O3.Sn/c1-4(2)3;3*1-2(4)3(5)6;/h1-3H3;3*2,4H,1H3,(H,5,6);/q;;;;+3/p-3. The van der Waals surface area contributed by atoms with Gasteiger partial charge in [0.2, 0.25) is 0 Å². The Kier molecular flexibility index (Phi) is 7.94. The van der Waals surface area contributed by atoms with Crippen LogP contribution in [0.1, 0.15) is 41.5 Å². The monoisotopic (exact) mass is 444 g/mol. The molecule has 10 heteroatoms. The van der Waals surface area contributed by atoms with Crippen LogP contribution in [0.4, 0.5) is 0 Å². The Hall–Kier alpha value is -0.911. The van der Waals surface area contributed by atoms with Crippen LogP contribution in [0.25, 0.3) is 0 Å². The molecule has 9 nitrogen and oxygen atoms in total. The van der Waals surface area contributed by atoms with Crippen molar-refractivity contribution in [2.24, 2.45) is 0 Å². The van der Waals surface area contributed by atoms with E-state index in [1.54, 1.807) is 0 Å². The zero-order valence-corrected chi connectivity index (χ0v) is 16.9. The van der Waals surface area contributed by atoms with Crippen LogP contribution in [0.2, 0.25) is 3.43 Å². The molecule has 0 aromatic heterocycles. The fourth-order valence-electron chi connectivity index (χ4n) is 1.17. The van der Waals surface area contributed by atoms with Crippen molar-refractivity contribution in [1.82, 2.24) is 0 Å². The van der Waals surface area contributed by atoms with Gasteiger partial charge in [-0.15, -0.1) is 0 Å². The molecule has 134 valence electrons. The summed E-state index contributed by atoms with van der Waals surface area (Å²) in [6.07, 6.45) is -4.61. The van der Waals surface area contributed by atoms with Crippen molar-refractivity contribution < 1.29 is 38.9 Å². The Balaban J connectivity index is 5.87. The van der Waals surface area contributed by atoms with Gasteiger partial charge in [-0.2, -0.15) is 0 Å². The first kappa shape index (κ1) is 22.1. The Morgan fingerprint density at radius 2 is 0.957 bits per heavy atom. The van der Waals surface area contributed by atoms with Gasteiger partial charge in [0.25, 0.3) is 0 Å². The van der Waals surface area contributed by atoms with Crippen LogP contribution < -0.4 is 0 Å². The number of carbonyl (C=O) groups excluding carboxylic acids is 3. The van der Waals surface area contributed by atoms with Gasteiger partial charge in [-0.3, -0.25) is 0 Å². The van der Waals surface area contributed by atoms with E-state index in [-0.39, 0.29) is 0 Å². The van der Waals surface area contributed by atoms with Gasteiger partial charge in [-0.1, -0.05) is 0 Å². The van der Waals surface area contributed by atoms with Crippen LogP contribution in [-0.2, 0) is 23.6 Å². The van der Waals surface area contributed by atoms with E-state index in [0.29, 0.717) is 0 Å². The van der Waals surface area contributed by atoms with Crippen molar-refractivity contribution in [3.63, 3.8) is 0 Å². The van der Waals surface area contributed by atoms with Gasteiger partial charge in [0.15, 0.2) is 0 Å². The molecule has 0 fully saturated rings. The number of rotatable bonds is 6. The van der Waals surface area contributed by atoms with Gasteiger partial charge in [0.05, 0.1) is 0 Å². The summed E-state index contributed by atoms with van der Waals surface area (Å²) in [5.41, 5.74) is 0. The summed E-state index contributed by atoms with van der Waals surface area (Å²) < 4.78 is 14.3. The van der Waals surface area contributed by atoms with Crippen LogP contribution in [0, 0.1) is 0 Å². The number of hydrogen-bond donors (Lipinski definition) is 3. The van der Waals surface area contributed by atoms with Crippen LogP contribution in [0.3, 0.4) is 0 Å². The van der Waals surface area contributed by atoms with Crippen LogP contribution >= 0.6 is 0 Å². The second kappa shape index (κ2) is 8.27. The number of hydrogen-bond acceptors (Lipinski definition) is 9. The van der Waals surface area contributed by atoms with Gasteiger partial charge in [0, 0.05) is 0 Å². The zero-order chi connectivity index (χ0) is 18.6. The van der Waals surface area contributed by atoms with E-state index >= 15 is 0 Å². The molecule has 0 aliphatic heterocycles. The van der Waals surface area contributed by atoms with E-state index in [2.05, 4.69) is 0 Å². The average molecular weight is 443 g/mol. The number of aliphatic hydroxyl groups is 3. The minimum atomic E-state index is -5.34. The molecule has 23 heavy (non-hydrogen) atoms. The van der Waals surface area contributed by atoms with Crippen molar-refractivity contribution in [1.29, 1.82) is 0 Å². The van der Waals surface area contributed by atoms with Gasteiger partial charge < -0.3 is 0 Å². The van der Waals surface area contributed by atoms with Gasteiger partial charge in [-0.05, 0) is 0 Å². The van der Waals surface area contributed by atoms with E-state index in [4.69, 9.17) is 9.22 Å². The SMILES string of the molecule is CC(O)C(=O)[O][Sn]([O]C(=O)C(C)O)([O]C(=O)C(C)O)[C](C)(C)C.